The fraction of sp³-hybridized carbons (Fsp3) is 0.364. The minimum Gasteiger partial charge on any atom is -0.492 e. The summed E-state index contributed by atoms with van der Waals surface area (Å²) in [5.74, 6) is 0.561. The maximum atomic E-state index is 12.8. The molecular formula is C22H26N2O3S. The molecule has 0 aliphatic rings. The summed E-state index contributed by atoms with van der Waals surface area (Å²) in [6, 6.07) is 11.6. The summed E-state index contributed by atoms with van der Waals surface area (Å²) >= 11 is 1.49. The van der Waals surface area contributed by atoms with Crippen molar-refractivity contribution >= 4 is 27.5 Å². The van der Waals surface area contributed by atoms with Gasteiger partial charge in [0.2, 0.25) is 0 Å². The van der Waals surface area contributed by atoms with E-state index in [1.54, 1.807) is 0 Å². The third-order valence-corrected chi connectivity index (χ3v) is 5.62. The third-order valence-electron chi connectivity index (χ3n) is 4.58. The molecule has 0 saturated carbocycles. The van der Waals surface area contributed by atoms with Crippen molar-refractivity contribution in [3.63, 3.8) is 0 Å². The van der Waals surface area contributed by atoms with E-state index >= 15 is 0 Å². The largest absolute Gasteiger partial charge is 0.492 e. The number of para-hydroxylation sites is 1. The van der Waals surface area contributed by atoms with E-state index in [1.807, 2.05) is 68.7 Å². The van der Waals surface area contributed by atoms with Gasteiger partial charge in [0.05, 0.1) is 17.9 Å². The smallest absolute Gasteiger partial charge is 0.279 e. The summed E-state index contributed by atoms with van der Waals surface area (Å²) in [6.45, 7) is 10.3. The van der Waals surface area contributed by atoms with Gasteiger partial charge in [0.15, 0.2) is 4.80 Å². The number of nitrogens with zero attached hydrogens (tertiary/aromatic N) is 2. The molecule has 0 fully saturated rings. The highest BCUT2D eigenvalue weighted by atomic mass is 32.1. The van der Waals surface area contributed by atoms with Crippen LogP contribution in [0, 0.1) is 13.8 Å². The summed E-state index contributed by atoms with van der Waals surface area (Å²) in [5.41, 5.74) is 3.80. The number of rotatable bonds is 7. The Labute approximate surface area is 169 Å². The molecule has 3 aromatic rings. The van der Waals surface area contributed by atoms with Gasteiger partial charge in [-0.1, -0.05) is 23.5 Å². The van der Waals surface area contributed by atoms with Crippen LogP contribution in [-0.4, -0.2) is 30.3 Å². The van der Waals surface area contributed by atoms with Gasteiger partial charge in [0, 0.05) is 18.7 Å². The molecule has 3 rings (SSSR count). The molecule has 0 aliphatic heterocycles. The lowest BCUT2D eigenvalue weighted by molar-refractivity contribution is 0.0996. The normalized spacial score (nSPS) is 11.9. The predicted molar refractivity (Wildman–Crippen MR) is 113 cm³/mol. The lowest BCUT2D eigenvalue weighted by Crippen LogP contribution is -2.20. The average Bonchev–Trinajstić information content (AvgIpc) is 3.02. The molecule has 6 heteroatoms. The van der Waals surface area contributed by atoms with Gasteiger partial charge in [-0.3, -0.25) is 4.79 Å². The molecule has 1 heterocycles. The summed E-state index contributed by atoms with van der Waals surface area (Å²) in [5, 5.41) is 0. The molecule has 0 radical (unpaired) electrons. The zero-order chi connectivity index (χ0) is 20.1. The highest BCUT2D eigenvalue weighted by Gasteiger charge is 2.13. The predicted octanol–water partition coefficient (Wildman–Crippen LogP) is 4.50. The van der Waals surface area contributed by atoms with Crippen LogP contribution in [0.2, 0.25) is 0 Å². The standard InChI is InChI=1S/C22H26N2O3S/c1-5-26-13-12-24-20-18(27-6-2)8-7-9-19(20)28-22(24)23-21(25)17-11-10-15(3)16(4)14-17/h7-11,14H,5-6,12-13H2,1-4H3. The van der Waals surface area contributed by atoms with Crippen molar-refractivity contribution in [2.24, 2.45) is 4.99 Å². The van der Waals surface area contributed by atoms with Crippen molar-refractivity contribution in [2.75, 3.05) is 19.8 Å². The Hall–Kier alpha value is -2.44. The second kappa shape index (κ2) is 9.17. The summed E-state index contributed by atoms with van der Waals surface area (Å²) in [6.07, 6.45) is 0. The van der Waals surface area contributed by atoms with Crippen molar-refractivity contribution in [3.8, 4) is 5.75 Å². The fourth-order valence-corrected chi connectivity index (χ4v) is 4.06. The number of carbonyl (C=O) groups excluding carboxylic acids is 1. The molecule has 0 bridgehead atoms. The Morgan fingerprint density at radius 3 is 2.64 bits per heavy atom. The SMILES string of the molecule is CCOCCn1c(=NC(=O)c2ccc(C)c(C)c2)sc2cccc(OCC)c21. The van der Waals surface area contributed by atoms with Crippen LogP contribution >= 0.6 is 11.3 Å². The zero-order valence-electron chi connectivity index (χ0n) is 16.8. The van der Waals surface area contributed by atoms with Crippen LogP contribution in [0.25, 0.3) is 10.2 Å². The first-order valence-corrected chi connectivity index (χ1v) is 10.4. The molecule has 0 spiro atoms. The lowest BCUT2D eigenvalue weighted by Gasteiger charge is -2.10. The molecule has 0 saturated heterocycles. The van der Waals surface area contributed by atoms with Crippen LogP contribution in [0.5, 0.6) is 5.75 Å². The van der Waals surface area contributed by atoms with Crippen molar-refractivity contribution in [3.05, 3.63) is 57.9 Å². The number of fused-ring (bicyclic) bond motifs is 1. The number of ether oxygens (including phenoxy) is 2. The van der Waals surface area contributed by atoms with Gasteiger partial charge in [-0.25, -0.2) is 0 Å². The first kappa shape index (κ1) is 20.3. The first-order valence-electron chi connectivity index (χ1n) is 9.54. The number of amides is 1. The van der Waals surface area contributed by atoms with E-state index in [2.05, 4.69) is 4.99 Å². The van der Waals surface area contributed by atoms with Crippen LogP contribution in [0.4, 0.5) is 0 Å². The van der Waals surface area contributed by atoms with Gasteiger partial charge in [-0.2, -0.15) is 4.99 Å². The Morgan fingerprint density at radius 2 is 1.93 bits per heavy atom. The highest BCUT2D eigenvalue weighted by molar-refractivity contribution is 7.16. The van der Waals surface area contributed by atoms with E-state index in [-0.39, 0.29) is 5.91 Å². The molecule has 0 aliphatic carbocycles. The zero-order valence-corrected chi connectivity index (χ0v) is 17.6. The van der Waals surface area contributed by atoms with Crippen LogP contribution in [-0.2, 0) is 11.3 Å². The molecule has 0 unspecified atom stereocenters. The third kappa shape index (κ3) is 4.34. The van der Waals surface area contributed by atoms with Gasteiger partial charge in [0.1, 0.15) is 11.3 Å². The maximum absolute atomic E-state index is 12.8. The number of aromatic nitrogens is 1. The molecule has 148 valence electrons. The fourth-order valence-electron chi connectivity index (χ4n) is 2.99. The summed E-state index contributed by atoms with van der Waals surface area (Å²) < 4.78 is 14.4. The van der Waals surface area contributed by atoms with Crippen molar-refractivity contribution in [1.29, 1.82) is 0 Å². The van der Waals surface area contributed by atoms with Gasteiger partial charge < -0.3 is 14.0 Å². The van der Waals surface area contributed by atoms with Crippen molar-refractivity contribution in [2.45, 2.75) is 34.2 Å². The molecule has 2 aromatic carbocycles. The van der Waals surface area contributed by atoms with E-state index in [0.29, 0.717) is 36.7 Å². The Balaban J connectivity index is 2.11. The molecule has 1 amide bonds. The van der Waals surface area contributed by atoms with E-state index in [9.17, 15) is 4.79 Å². The van der Waals surface area contributed by atoms with Gasteiger partial charge in [0.25, 0.3) is 5.91 Å². The van der Waals surface area contributed by atoms with Gasteiger partial charge >= 0.3 is 0 Å². The number of benzene rings is 2. The van der Waals surface area contributed by atoms with E-state index < -0.39 is 0 Å². The molecular weight excluding hydrogens is 372 g/mol. The Morgan fingerprint density at radius 1 is 1.11 bits per heavy atom. The average molecular weight is 399 g/mol. The number of aryl methyl sites for hydroxylation is 2. The van der Waals surface area contributed by atoms with Crippen LogP contribution in [0.15, 0.2) is 41.4 Å². The van der Waals surface area contributed by atoms with Gasteiger partial charge in [-0.15, -0.1) is 0 Å². The lowest BCUT2D eigenvalue weighted by atomic mass is 10.1. The van der Waals surface area contributed by atoms with Crippen LogP contribution in [0.1, 0.15) is 35.3 Å². The second-order valence-corrected chi connectivity index (χ2v) is 7.49. The number of carbonyl (C=O) groups is 1. The highest BCUT2D eigenvalue weighted by Crippen LogP contribution is 2.27. The van der Waals surface area contributed by atoms with Crippen molar-refractivity contribution < 1.29 is 14.3 Å². The first-order chi connectivity index (χ1) is 13.5. The summed E-state index contributed by atoms with van der Waals surface area (Å²) in [7, 11) is 0. The molecule has 1 aromatic heterocycles. The van der Waals surface area contributed by atoms with E-state index in [1.165, 1.54) is 11.3 Å². The maximum Gasteiger partial charge on any atom is 0.279 e. The van der Waals surface area contributed by atoms with Crippen LogP contribution < -0.4 is 9.54 Å². The minimum absolute atomic E-state index is 0.238. The topological polar surface area (TPSA) is 52.8 Å². The molecule has 5 nitrogen and oxygen atoms in total. The number of hydrogen-bond acceptors (Lipinski definition) is 4. The van der Waals surface area contributed by atoms with Crippen LogP contribution in [0.3, 0.4) is 0 Å². The van der Waals surface area contributed by atoms with E-state index in [4.69, 9.17) is 9.47 Å². The van der Waals surface area contributed by atoms with Gasteiger partial charge in [-0.05, 0) is 63.1 Å². The molecule has 0 atom stereocenters. The van der Waals surface area contributed by atoms with Crippen molar-refractivity contribution in [1.82, 2.24) is 4.57 Å². The molecule has 0 N–H and O–H groups in total. The summed E-state index contributed by atoms with van der Waals surface area (Å²) in [4.78, 5) is 17.9. The Kier molecular flexibility index (Phi) is 6.65. The number of hydrogen-bond donors (Lipinski definition) is 0. The monoisotopic (exact) mass is 398 g/mol. The van der Waals surface area contributed by atoms with E-state index in [0.717, 1.165) is 27.1 Å². The number of thiazole rings is 1. The second-order valence-electron chi connectivity index (χ2n) is 6.49. The Bertz CT molecular complexity index is 1050. The molecule has 28 heavy (non-hydrogen) atoms. The quantitative estimate of drug-likeness (QED) is 0.551. The minimum atomic E-state index is -0.238.